The summed E-state index contributed by atoms with van der Waals surface area (Å²) in [6, 6.07) is 7.03. The SMILES string of the molecule is CCOc1ccc(OCC)c(NC(N)=NCCOc2ncc(Cl)cc2Cl)c1.I. The fourth-order valence-electron chi connectivity index (χ4n) is 2.14. The van der Waals surface area contributed by atoms with Crippen LogP contribution in [0, 0.1) is 0 Å². The van der Waals surface area contributed by atoms with Gasteiger partial charge in [-0.3, -0.25) is 0 Å². The number of nitrogens with one attached hydrogen (secondary N) is 1. The molecule has 1 aromatic heterocycles. The first-order chi connectivity index (χ1) is 13.0. The third-order valence-corrected chi connectivity index (χ3v) is 3.69. The third kappa shape index (κ3) is 7.76. The Morgan fingerprint density at radius 2 is 1.89 bits per heavy atom. The van der Waals surface area contributed by atoms with Crippen LogP contribution >= 0.6 is 47.2 Å². The van der Waals surface area contributed by atoms with E-state index in [-0.39, 0.29) is 36.5 Å². The van der Waals surface area contributed by atoms with Gasteiger partial charge < -0.3 is 25.3 Å². The van der Waals surface area contributed by atoms with Crippen LogP contribution in [0.1, 0.15) is 13.8 Å². The van der Waals surface area contributed by atoms with E-state index in [2.05, 4.69) is 15.3 Å². The highest BCUT2D eigenvalue weighted by Gasteiger charge is 2.07. The lowest BCUT2D eigenvalue weighted by Crippen LogP contribution is -2.24. The smallest absolute Gasteiger partial charge is 0.232 e. The average molecular weight is 541 g/mol. The molecule has 0 saturated heterocycles. The Hall–Kier alpha value is -1.65. The predicted octanol–water partition coefficient (Wildman–Crippen LogP) is 4.61. The summed E-state index contributed by atoms with van der Waals surface area (Å²) >= 11 is 11.8. The molecule has 0 aliphatic heterocycles. The number of guanidine groups is 1. The Morgan fingerprint density at radius 1 is 1.14 bits per heavy atom. The van der Waals surface area contributed by atoms with Gasteiger partial charge in [-0.1, -0.05) is 23.2 Å². The summed E-state index contributed by atoms with van der Waals surface area (Å²) in [6.45, 7) is 5.49. The number of anilines is 1. The monoisotopic (exact) mass is 540 g/mol. The molecule has 3 N–H and O–H groups in total. The minimum atomic E-state index is 0. The van der Waals surface area contributed by atoms with Gasteiger partial charge in [0.25, 0.3) is 0 Å². The van der Waals surface area contributed by atoms with Gasteiger partial charge >= 0.3 is 0 Å². The standard InChI is InChI=1S/C18H22Cl2N4O3.HI/c1-3-25-13-5-6-16(26-4-2)15(10-13)24-18(21)22-7-8-27-17-14(20)9-12(19)11-23-17;/h5-6,9-11H,3-4,7-8H2,1-2H3,(H3,21,22,24);1H. The Bertz CT molecular complexity index is 793. The van der Waals surface area contributed by atoms with E-state index in [1.54, 1.807) is 6.07 Å². The van der Waals surface area contributed by atoms with Crippen molar-refractivity contribution in [2.45, 2.75) is 13.8 Å². The molecular formula is C18H23Cl2IN4O3. The lowest BCUT2D eigenvalue weighted by molar-refractivity contribution is 0.316. The number of ether oxygens (including phenoxy) is 3. The number of hydrogen-bond acceptors (Lipinski definition) is 5. The van der Waals surface area contributed by atoms with E-state index < -0.39 is 0 Å². The van der Waals surface area contributed by atoms with Crippen LogP contribution in [0.2, 0.25) is 10.0 Å². The number of hydrogen-bond donors (Lipinski definition) is 2. The van der Waals surface area contributed by atoms with E-state index in [0.29, 0.717) is 52.9 Å². The van der Waals surface area contributed by atoms with Crippen molar-refractivity contribution >= 4 is 58.8 Å². The van der Waals surface area contributed by atoms with E-state index in [1.807, 2.05) is 32.0 Å². The first-order valence-electron chi connectivity index (χ1n) is 8.43. The quantitative estimate of drug-likeness (QED) is 0.209. The second-order valence-electron chi connectivity index (χ2n) is 5.20. The highest BCUT2D eigenvalue weighted by atomic mass is 127. The van der Waals surface area contributed by atoms with Crippen LogP contribution < -0.4 is 25.3 Å². The molecule has 0 saturated carbocycles. The molecule has 2 aromatic rings. The first-order valence-corrected chi connectivity index (χ1v) is 9.19. The van der Waals surface area contributed by atoms with Crippen molar-refractivity contribution in [3.05, 3.63) is 40.5 Å². The van der Waals surface area contributed by atoms with Crippen LogP contribution in [0.3, 0.4) is 0 Å². The van der Waals surface area contributed by atoms with Gasteiger partial charge in [0, 0.05) is 12.3 Å². The van der Waals surface area contributed by atoms with E-state index in [9.17, 15) is 0 Å². The molecule has 10 heteroatoms. The molecule has 0 bridgehead atoms. The number of aromatic nitrogens is 1. The number of nitrogens with zero attached hydrogens (tertiary/aromatic N) is 2. The zero-order valence-electron chi connectivity index (χ0n) is 15.6. The Labute approximate surface area is 191 Å². The predicted molar refractivity (Wildman–Crippen MR) is 124 cm³/mol. The topological polar surface area (TPSA) is 91.0 Å². The lowest BCUT2D eigenvalue weighted by atomic mass is 10.2. The Morgan fingerprint density at radius 3 is 2.57 bits per heavy atom. The molecule has 0 fully saturated rings. The molecule has 28 heavy (non-hydrogen) atoms. The molecule has 2 rings (SSSR count). The molecule has 0 amide bonds. The molecule has 0 aliphatic carbocycles. The second kappa shape index (κ2) is 12.7. The Balaban J connectivity index is 0.00000392. The number of aliphatic imine (C=N–C) groups is 1. The first kappa shape index (κ1) is 24.4. The van der Waals surface area contributed by atoms with E-state index in [0.717, 1.165) is 0 Å². The lowest BCUT2D eigenvalue weighted by Gasteiger charge is -2.14. The summed E-state index contributed by atoms with van der Waals surface area (Å²) in [5.41, 5.74) is 6.63. The van der Waals surface area contributed by atoms with Gasteiger partial charge in [0.15, 0.2) is 5.96 Å². The van der Waals surface area contributed by atoms with Crippen LogP contribution in [0.4, 0.5) is 5.69 Å². The van der Waals surface area contributed by atoms with Crippen LogP contribution in [-0.4, -0.2) is 37.3 Å². The van der Waals surface area contributed by atoms with Crippen LogP contribution in [0.15, 0.2) is 35.5 Å². The summed E-state index contributed by atoms with van der Waals surface area (Å²) in [4.78, 5) is 8.23. The molecule has 0 spiro atoms. The largest absolute Gasteiger partial charge is 0.494 e. The molecule has 0 unspecified atom stereocenters. The summed E-state index contributed by atoms with van der Waals surface area (Å²) < 4.78 is 16.6. The van der Waals surface area contributed by atoms with Crippen molar-refractivity contribution in [1.29, 1.82) is 0 Å². The molecule has 1 heterocycles. The number of benzene rings is 1. The fourth-order valence-corrected chi connectivity index (χ4v) is 2.57. The maximum absolute atomic E-state index is 6.00. The minimum absolute atomic E-state index is 0. The minimum Gasteiger partial charge on any atom is -0.494 e. The van der Waals surface area contributed by atoms with Gasteiger partial charge in [-0.25, -0.2) is 9.98 Å². The van der Waals surface area contributed by atoms with Crippen molar-refractivity contribution < 1.29 is 14.2 Å². The van der Waals surface area contributed by atoms with Crippen molar-refractivity contribution in [3.8, 4) is 17.4 Å². The highest BCUT2D eigenvalue weighted by molar-refractivity contribution is 14.0. The molecular weight excluding hydrogens is 518 g/mol. The molecule has 154 valence electrons. The summed E-state index contributed by atoms with van der Waals surface area (Å²) in [5, 5.41) is 3.80. The fraction of sp³-hybridized carbons (Fsp3) is 0.333. The molecule has 0 aliphatic rings. The normalized spacial score (nSPS) is 10.8. The van der Waals surface area contributed by atoms with Crippen molar-refractivity contribution in [2.24, 2.45) is 10.7 Å². The summed E-state index contributed by atoms with van der Waals surface area (Å²) in [7, 11) is 0. The highest BCUT2D eigenvalue weighted by Crippen LogP contribution is 2.29. The number of pyridine rings is 1. The zero-order valence-corrected chi connectivity index (χ0v) is 19.4. The summed E-state index contributed by atoms with van der Waals surface area (Å²) in [6.07, 6.45) is 1.46. The van der Waals surface area contributed by atoms with E-state index in [4.69, 9.17) is 43.1 Å². The number of rotatable bonds is 9. The molecule has 0 radical (unpaired) electrons. The van der Waals surface area contributed by atoms with Crippen molar-refractivity contribution in [1.82, 2.24) is 4.98 Å². The molecule has 0 atom stereocenters. The van der Waals surface area contributed by atoms with E-state index in [1.165, 1.54) is 6.20 Å². The summed E-state index contributed by atoms with van der Waals surface area (Å²) in [5.74, 6) is 1.89. The van der Waals surface area contributed by atoms with Gasteiger partial charge in [-0.2, -0.15) is 0 Å². The van der Waals surface area contributed by atoms with Gasteiger partial charge in [0.05, 0.1) is 30.5 Å². The Kier molecular flexibility index (Phi) is 11.1. The van der Waals surface area contributed by atoms with Gasteiger partial charge in [0.2, 0.25) is 5.88 Å². The van der Waals surface area contributed by atoms with E-state index >= 15 is 0 Å². The van der Waals surface area contributed by atoms with Crippen LogP contribution in [0.25, 0.3) is 0 Å². The number of halogens is 3. The van der Waals surface area contributed by atoms with Crippen molar-refractivity contribution in [3.63, 3.8) is 0 Å². The molecule has 7 nitrogen and oxygen atoms in total. The van der Waals surface area contributed by atoms with Gasteiger partial charge in [0.1, 0.15) is 23.1 Å². The zero-order chi connectivity index (χ0) is 19.6. The number of nitrogens with two attached hydrogens (primary N) is 1. The van der Waals surface area contributed by atoms with Crippen LogP contribution in [0.5, 0.6) is 17.4 Å². The maximum Gasteiger partial charge on any atom is 0.232 e. The van der Waals surface area contributed by atoms with Gasteiger partial charge in [-0.15, -0.1) is 24.0 Å². The second-order valence-corrected chi connectivity index (χ2v) is 6.05. The molecule has 1 aromatic carbocycles. The van der Waals surface area contributed by atoms with Crippen molar-refractivity contribution in [2.75, 3.05) is 31.7 Å². The average Bonchev–Trinajstić information content (AvgIpc) is 2.63. The maximum atomic E-state index is 6.00. The van der Waals surface area contributed by atoms with Crippen LogP contribution in [-0.2, 0) is 0 Å². The third-order valence-electron chi connectivity index (χ3n) is 3.21. The van der Waals surface area contributed by atoms with Gasteiger partial charge in [-0.05, 0) is 32.0 Å².